The minimum Gasteiger partial charge on any atom is -0.489 e. The highest BCUT2D eigenvalue weighted by Crippen LogP contribution is 2.27. The van der Waals surface area contributed by atoms with E-state index in [1.54, 1.807) is 18.2 Å². The van der Waals surface area contributed by atoms with Crippen LogP contribution in [0.3, 0.4) is 0 Å². The lowest BCUT2D eigenvalue weighted by molar-refractivity contribution is 0.0997. The Labute approximate surface area is 117 Å². The molecule has 0 radical (unpaired) electrons. The number of nitrogens with one attached hydrogen (secondary N) is 1. The van der Waals surface area contributed by atoms with Crippen molar-refractivity contribution < 1.29 is 9.84 Å². The lowest BCUT2D eigenvalue weighted by Crippen LogP contribution is -2.41. The Morgan fingerprint density at radius 3 is 2.78 bits per heavy atom. The molecular formula is C13H17Cl2NO2. The van der Waals surface area contributed by atoms with Crippen LogP contribution >= 0.6 is 23.2 Å². The average molecular weight is 290 g/mol. The van der Waals surface area contributed by atoms with Crippen molar-refractivity contribution in [2.24, 2.45) is 0 Å². The Bertz CT molecular complexity index is 397. The molecule has 18 heavy (non-hydrogen) atoms. The molecule has 0 aliphatic heterocycles. The smallest absolute Gasteiger partial charge is 0.138 e. The summed E-state index contributed by atoms with van der Waals surface area (Å²) in [5.41, 5.74) is 0. The van der Waals surface area contributed by atoms with Crippen LogP contribution in [0, 0.1) is 0 Å². The third kappa shape index (κ3) is 4.02. The number of hydrogen-bond donors (Lipinski definition) is 2. The molecular weight excluding hydrogens is 273 g/mol. The number of ether oxygens (including phenoxy) is 1. The van der Waals surface area contributed by atoms with Crippen LogP contribution in [0.4, 0.5) is 0 Å². The summed E-state index contributed by atoms with van der Waals surface area (Å²) in [4.78, 5) is 0. The third-order valence-electron chi connectivity index (χ3n) is 3.07. The van der Waals surface area contributed by atoms with Crippen molar-refractivity contribution in [2.45, 2.75) is 31.4 Å². The van der Waals surface area contributed by atoms with Crippen molar-refractivity contribution >= 4 is 23.2 Å². The number of rotatable bonds is 6. The molecule has 2 rings (SSSR count). The van der Waals surface area contributed by atoms with E-state index in [-0.39, 0.29) is 6.61 Å². The first-order valence-corrected chi connectivity index (χ1v) is 6.90. The van der Waals surface area contributed by atoms with E-state index < -0.39 is 6.10 Å². The van der Waals surface area contributed by atoms with Crippen LogP contribution < -0.4 is 10.1 Å². The number of hydrogen-bond acceptors (Lipinski definition) is 3. The predicted octanol–water partition coefficient (Wildman–Crippen LogP) is 2.88. The fraction of sp³-hybridized carbons (Fsp3) is 0.538. The summed E-state index contributed by atoms with van der Waals surface area (Å²) in [5, 5.41) is 14.1. The summed E-state index contributed by atoms with van der Waals surface area (Å²) in [6.07, 6.45) is 3.16. The van der Waals surface area contributed by atoms with E-state index >= 15 is 0 Å². The van der Waals surface area contributed by atoms with Crippen molar-refractivity contribution in [1.82, 2.24) is 5.32 Å². The van der Waals surface area contributed by atoms with E-state index in [2.05, 4.69) is 5.32 Å². The van der Waals surface area contributed by atoms with E-state index in [4.69, 9.17) is 27.9 Å². The Kier molecular flexibility index (Phi) is 5.13. The Morgan fingerprint density at radius 2 is 2.17 bits per heavy atom. The largest absolute Gasteiger partial charge is 0.489 e. The number of halogens is 2. The van der Waals surface area contributed by atoms with Crippen molar-refractivity contribution in [3.05, 3.63) is 28.2 Å². The zero-order chi connectivity index (χ0) is 13.0. The molecule has 0 saturated heterocycles. The number of aliphatic hydroxyl groups is 1. The fourth-order valence-corrected chi connectivity index (χ4v) is 2.22. The molecule has 2 N–H and O–H groups in total. The second-order valence-corrected chi connectivity index (χ2v) is 5.42. The maximum absolute atomic E-state index is 9.77. The molecule has 1 atom stereocenters. The van der Waals surface area contributed by atoms with Crippen molar-refractivity contribution in [1.29, 1.82) is 0 Å². The standard InChI is InChI=1S/C13H17Cl2NO2/c14-9-4-5-13(12(15)6-9)18-8-11(17)7-16-10-2-1-3-10/h4-6,10-11,16-17H,1-3,7-8H2. The van der Waals surface area contributed by atoms with Gasteiger partial charge in [-0.25, -0.2) is 0 Å². The number of benzene rings is 1. The maximum atomic E-state index is 9.77. The van der Waals surface area contributed by atoms with Crippen molar-refractivity contribution in [3.8, 4) is 5.75 Å². The minimum atomic E-state index is -0.530. The van der Waals surface area contributed by atoms with Gasteiger partial charge in [0.25, 0.3) is 0 Å². The van der Waals surface area contributed by atoms with Gasteiger partial charge < -0.3 is 15.2 Å². The summed E-state index contributed by atoms with van der Waals surface area (Å²) >= 11 is 11.8. The van der Waals surface area contributed by atoms with E-state index in [1.807, 2.05) is 0 Å². The number of aliphatic hydroxyl groups excluding tert-OH is 1. The van der Waals surface area contributed by atoms with E-state index in [0.717, 1.165) is 0 Å². The van der Waals surface area contributed by atoms with Crippen LogP contribution in [0.15, 0.2) is 18.2 Å². The van der Waals surface area contributed by atoms with E-state index in [0.29, 0.717) is 28.4 Å². The van der Waals surface area contributed by atoms with Crippen LogP contribution in [0.5, 0.6) is 5.75 Å². The SMILES string of the molecule is OC(CNC1CCC1)COc1ccc(Cl)cc1Cl. The van der Waals surface area contributed by atoms with Gasteiger partial charge in [0.1, 0.15) is 18.5 Å². The monoisotopic (exact) mass is 289 g/mol. The Morgan fingerprint density at radius 1 is 1.39 bits per heavy atom. The Hall–Kier alpha value is -0.480. The second kappa shape index (κ2) is 6.62. The normalized spacial score (nSPS) is 17.3. The first-order valence-electron chi connectivity index (χ1n) is 6.14. The van der Waals surface area contributed by atoms with E-state index in [1.165, 1.54) is 19.3 Å². The molecule has 0 aromatic heterocycles. The molecule has 1 aromatic carbocycles. The van der Waals surface area contributed by atoms with Crippen molar-refractivity contribution in [3.63, 3.8) is 0 Å². The van der Waals surface area contributed by atoms with E-state index in [9.17, 15) is 5.11 Å². The Balaban J connectivity index is 1.72. The lowest BCUT2D eigenvalue weighted by Gasteiger charge is -2.27. The molecule has 100 valence electrons. The third-order valence-corrected chi connectivity index (χ3v) is 3.60. The van der Waals surface area contributed by atoms with Crippen LogP contribution in [-0.4, -0.2) is 30.4 Å². The average Bonchev–Trinajstić information content (AvgIpc) is 2.25. The summed E-state index contributed by atoms with van der Waals surface area (Å²) in [6.45, 7) is 0.775. The zero-order valence-electron chi connectivity index (χ0n) is 10.0. The van der Waals surface area contributed by atoms with Gasteiger partial charge in [0.2, 0.25) is 0 Å². The molecule has 1 aliphatic carbocycles. The summed E-state index contributed by atoms with van der Waals surface area (Å²) in [5.74, 6) is 0.545. The summed E-state index contributed by atoms with van der Waals surface area (Å²) in [6, 6.07) is 5.61. The second-order valence-electron chi connectivity index (χ2n) is 4.58. The predicted molar refractivity (Wildman–Crippen MR) is 73.6 cm³/mol. The van der Waals surface area contributed by atoms with Crippen LogP contribution in [0.25, 0.3) is 0 Å². The lowest BCUT2D eigenvalue weighted by atomic mass is 9.93. The first-order chi connectivity index (χ1) is 8.65. The molecule has 0 bridgehead atoms. The molecule has 5 heteroatoms. The van der Waals surface area contributed by atoms with Gasteiger partial charge in [-0.2, -0.15) is 0 Å². The quantitative estimate of drug-likeness (QED) is 0.846. The molecule has 3 nitrogen and oxygen atoms in total. The molecule has 0 amide bonds. The van der Waals surface area contributed by atoms with Gasteiger partial charge in [-0.3, -0.25) is 0 Å². The molecule has 1 aliphatic rings. The minimum absolute atomic E-state index is 0.223. The summed E-state index contributed by atoms with van der Waals surface area (Å²) in [7, 11) is 0. The van der Waals surface area contributed by atoms with Gasteiger partial charge in [0, 0.05) is 17.6 Å². The van der Waals surface area contributed by atoms with Gasteiger partial charge in [-0.15, -0.1) is 0 Å². The first kappa shape index (κ1) is 13.9. The van der Waals surface area contributed by atoms with Gasteiger partial charge in [0.05, 0.1) is 5.02 Å². The van der Waals surface area contributed by atoms with Gasteiger partial charge in [0.15, 0.2) is 0 Å². The molecule has 0 spiro atoms. The maximum Gasteiger partial charge on any atom is 0.138 e. The van der Waals surface area contributed by atoms with Crippen LogP contribution in [0.1, 0.15) is 19.3 Å². The van der Waals surface area contributed by atoms with Gasteiger partial charge >= 0.3 is 0 Å². The molecule has 1 saturated carbocycles. The van der Waals surface area contributed by atoms with Gasteiger partial charge in [-0.1, -0.05) is 29.6 Å². The summed E-state index contributed by atoms with van der Waals surface area (Å²) < 4.78 is 5.46. The van der Waals surface area contributed by atoms with Crippen LogP contribution in [0.2, 0.25) is 10.0 Å². The fourth-order valence-electron chi connectivity index (χ4n) is 1.75. The molecule has 1 aromatic rings. The highest BCUT2D eigenvalue weighted by Gasteiger charge is 2.17. The molecule has 1 fully saturated rings. The van der Waals surface area contributed by atoms with Gasteiger partial charge in [-0.05, 0) is 31.0 Å². The highest BCUT2D eigenvalue weighted by atomic mass is 35.5. The molecule has 0 heterocycles. The van der Waals surface area contributed by atoms with Crippen molar-refractivity contribution in [2.75, 3.05) is 13.2 Å². The topological polar surface area (TPSA) is 41.5 Å². The van der Waals surface area contributed by atoms with Crippen LogP contribution in [-0.2, 0) is 0 Å². The zero-order valence-corrected chi connectivity index (χ0v) is 11.5. The highest BCUT2D eigenvalue weighted by molar-refractivity contribution is 6.35. The molecule has 1 unspecified atom stereocenters.